The van der Waals surface area contributed by atoms with Gasteiger partial charge in [-0.3, -0.25) is 0 Å². The zero-order chi connectivity index (χ0) is 13.4. The zero-order valence-electron chi connectivity index (χ0n) is 11.4. The zero-order valence-corrected chi connectivity index (χ0v) is 12.2. The molecule has 3 nitrogen and oxygen atoms in total. The summed E-state index contributed by atoms with van der Waals surface area (Å²) in [5.41, 5.74) is 11.5. The Kier molecular flexibility index (Phi) is 3.30. The van der Waals surface area contributed by atoms with E-state index in [0.717, 1.165) is 38.1 Å². The van der Waals surface area contributed by atoms with Crippen LogP contribution in [-0.4, -0.2) is 12.1 Å². The van der Waals surface area contributed by atoms with Crippen molar-refractivity contribution in [2.75, 3.05) is 12.8 Å². The number of nitrogen functional groups attached to an aromatic ring is 1. The summed E-state index contributed by atoms with van der Waals surface area (Å²) in [5, 5.41) is 1.77. The normalized spacial score (nSPS) is 10.7. The third kappa shape index (κ3) is 1.97. The third-order valence-electron chi connectivity index (χ3n) is 3.25. The van der Waals surface area contributed by atoms with Crippen molar-refractivity contribution >= 4 is 16.3 Å². The van der Waals surface area contributed by atoms with Gasteiger partial charge in [0.1, 0.15) is 16.4 Å². The number of thiazole rings is 1. The summed E-state index contributed by atoms with van der Waals surface area (Å²) in [7, 11) is 1.70. The molecule has 0 fully saturated rings. The first-order chi connectivity index (χ1) is 8.45. The minimum Gasteiger partial charge on any atom is -0.496 e. The highest BCUT2D eigenvalue weighted by Gasteiger charge is 2.16. The van der Waals surface area contributed by atoms with Crippen molar-refractivity contribution < 1.29 is 4.74 Å². The molecule has 2 rings (SSSR count). The van der Waals surface area contributed by atoms with E-state index < -0.39 is 0 Å². The first-order valence-electron chi connectivity index (χ1n) is 5.83. The maximum Gasteiger partial charge on any atom is 0.124 e. The summed E-state index contributed by atoms with van der Waals surface area (Å²) < 4.78 is 5.43. The molecule has 4 heteroatoms. The molecule has 1 heterocycles. The topological polar surface area (TPSA) is 48.1 Å². The number of rotatable bonds is 2. The van der Waals surface area contributed by atoms with Gasteiger partial charge in [0.25, 0.3) is 0 Å². The van der Waals surface area contributed by atoms with Gasteiger partial charge >= 0.3 is 0 Å². The smallest absolute Gasteiger partial charge is 0.124 e. The lowest BCUT2D eigenvalue weighted by atomic mass is 9.97. The fourth-order valence-corrected chi connectivity index (χ4v) is 2.96. The van der Waals surface area contributed by atoms with E-state index in [-0.39, 0.29) is 0 Å². The largest absolute Gasteiger partial charge is 0.496 e. The highest BCUT2D eigenvalue weighted by molar-refractivity contribution is 7.16. The van der Waals surface area contributed by atoms with E-state index in [1.54, 1.807) is 7.11 Å². The number of aryl methyl sites for hydroxylation is 2. The van der Waals surface area contributed by atoms with Gasteiger partial charge in [-0.1, -0.05) is 0 Å². The Morgan fingerprint density at radius 2 is 1.83 bits per heavy atom. The highest BCUT2D eigenvalue weighted by Crippen LogP contribution is 2.37. The second-order valence-corrected chi connectivity index (χ2v) is 5.70. The number of aromatic nitrogens is 1. The van der Waals surface area contributed by atoms with Crippen molar-refractivity contribution in [1.29, 1.82) is 0 Å². The molecule has 2 aromatic rings. The molecule has 96 valence electrons. The van der Waals surface area contributed by atoms with Crippen LogP contribution in [0.15, 0.2) is 6.07 Å². The van der Waals surface area contributed by atoms with Crippen LogP contribution in [0.5, 0.6) is 5.75 Å². The lowest BCUT2D eigenvalue weighted by Crippen LogP contribution is -1.97. The highest BCUT2D eigenvalue weighted by atomic mass is 32.1. The molecule has 0 aliphatic rings. The van der Waals surface area contributed by atoms with Crippen molar-refractivity contribution in [2.24, 2.45) is 0 Å². The van der Waals surface area contributed by atoms with Crippen LogP contribution < -0.4 is 10.5 Å². The van der Waals surface area contributed by atoms with Crippen LogP contribution >= 0.6 is 11.3 Å². The van der Waals surface area contributed by atoms with E-state index in [0.29, 0.717) is 0 Å². The number of anilines is 1. The van der Waals surface area contributed by atoms with Crippen LogP contribution in [0.4, 0.5) is 5.00 Å². The second-order valence-electron chi connectivity index (χ2n) is 4.47. The Bertz CT molecular complexity index is 602. The molecule has 0 radical (unpaired) electrons. The molecule has 1 aromatic carbocycles. The SMILES string of the molecule is COc1c(C)cc(-c2nc(C)sc2N)c(C)c1C. The predicted octanol–water partition coefficient (Wildman–Crippen LogP) is 3.63. The van der Waals surface area contributed by atoms with Gasteiger partial charge in [0.15, 0.2) is 0 Å². The summed E-state index contributed by atoms with van der Waals surface area (Å²) in [6, 6.07) is 2.10. The van der Waals surface area contributed by atoms with Gasteiger partial charge in [0.2, 0.25) is 0 Å². The molecule has 0 aliphatic carbocycles. The lowest BCUT2D eigenvalue weighted by Gasteiger charge is -2.14. The molecule has 2 N–H and O–H groups in total. The quantitative estimate of drug-likeness (QED) is 0.899. The standard InChI is InChI=1S/C14H18N2OS/c1-7-6-11(8(2)9(3)13(7)17-5)12-14(15)18-10(4)16-12/h6H,15H2,1-5H3. The Morgan fingerprint density at radius 3 is 2.33 bits per heavy atom. The number of benzene rings is 1. The molecule has 1 aromatic heterocycles. The van der Waals surface area contributed by atoms with E-state index in [9.17, 15) is 0 Å². The molecule has 0 saturated carbocycles. The Hall–Kier alpha value is -1.55. The van der Waals surface area contributed by atoms with E-state index in [4.69, 9.17) is 10.5 Å². The maximum atomic E-state index is 6.04. The van der Waals surface area contributed by atoms with Crippen LogP contribution in [0.3, 0.4) is 0 Å². The summed E-state index contributed by atoms with van der Waals surface area (Å²) in [6.07, 6.45) is 0. The molecule has 0 amide bonds. The van der Waals surface area contributed by atoms with Crippen molar-refractivity contribution in [1.82, 2.24) is 4.98 Å². The number of nitrogens with zero attached hydrogens (tertiary/aromatic N) is 1. The van der Waals surface area contributed by atoms with Gasteiger partial charge in [-0.15, -0.1) is 11.3 Å². The van der Waals surface area contributed by atoms with Gasteiger partial charge in [-0.2, -0.15) is 0 Å². The summed E-state index contributed by atoms with van der Waals surface area (Å²) in [5.74, 6) is 0.946. The van der Waals surface area contributed by atoms with Crippen molar-refractivity contribution in [3.05, 3.63) is 27.8 Å². The number of hydrogen-bond acceptors (Lipinski definition) is 4. The van der Waals surface area contributed by atoms with Gasteiger partial charge < -0.3 is 10.5 Å². The molecule has 0 bridgehead atoms. The van der Waals surface area contributed by atoms with Crippen molar-refractivity contribution in [3.8, 4) is 17.0 Å². The number of ether oxygens (including phenoxy) is 1. The van der Waals surface area contributed by atoms with Gasteiger partial charge in [0, 0.05) is 5.56 Å². The average molecular weight is 262 g/mol. The first kappa shape index (κ1) is 12.9. The number of methoxy groups -OCH3 is 1. The summed E-state index contributed by atoms with van der Waals surface area (Å²) >= 11 is 1.53. The Balaban J connectivity index is 2.70. The van der Waals surface area contributed by atoms with E-state index in [2.05, 4.69) is 24.9 Å². The van der Waals surface area contributed by atoms with Crippen LogP contribution in [0.2, 0.25) is 0 Å². The van der Waals surface area contributed by atoms with Crippen molar-refractivity contribution in [3.63, 3.8) is 0 Å². The van der Waals surface area contributed by atoms with Crippen LogP contribution in [0.1, 0.15) is 21.7 Å². The summed E-state index contributed by atoms with van der Waals surface area (Å²) in [6.45, 7) is 8.17. The van der Waals surface area contributed by atoms with E-state index in [1.807, 2.05) is 13.8 Å². The van der Waals surface area contributed by atoms with E-state index >= 15 is 0 Å². The summed E-state index contributed by atoms with van der Waals surface area (Å²) in [4.78, 5) is 4.53. The minimum atomic E-state index is 0.777. The Labute approximate surface area is 112 Å². The Morgan fingerprint density at radius 1 is 1.17 bits per heavy atom. The maximum absolute atomic E-state index is 6.04. The van der Waals surface area contributed by atoms with Crippen LogP contribution in [0, 0.1) is 27.7 Å². The first-order valence-corrected chi connectivity index (χ1v) is 6.65. The molecule has 0 unspecified atom stereocenters. The predicted molar refractivity (Wildman–Crippen MR) is 77.5 cm³/mol. The van der Waals surface area contributed by atoms with Crippen LogP contribution in [-0.2, 0) is 0 Å². The molecule has 0 aliphatic heterocycles. The molecule has 0 saturated heterocycles. The molecule has 0 spiro atoms. The fraction of sp³-hybridized carbons (Fsp3) is 0.357. The lowest BCUT2D eigenvalue weighted by molar-refractivity contribution is 0.408. The molecule has 18 heavy (non-hydrogen) atoms. The van der Waals surface area contributed by atoms with E-state index in [1.165, 1.54) is 16.9 Å². The van der Waals surface area contributed by atoms with Crippen LogP contribution in [0.25, 0.3) is 11.3 Å². The fourth-order valence-electron chi connectivity index (χ4n) is 2.25. The minimum absolute atomic E-state index is 0.777. The molecular weight excluding hydrogens is 244 g/mol. The molecular formula is C14H18N2OS. The number of nitrogens with two attached hydrogens (primary N) is 1. The average Bonchev–Trinajstić information content (AvgIpc) is 2.64. The third-order valence-corrected chi connectivity index (χ3v) is 4.05. The van der Waals surface area contributed by atoms with Crippen molar-refractivity contribution in [2.45, 2.75) is 27.7 Å². The molecule has 0 atom stereocenters. The monoisotopic (exact) mass is 262 g/mol. The van der Waals surface area contributed by atoms with Gasteiger partial charge in [0.05, 0.1) is 12.1 Å². The number of hydrogen-bond donors (Lipinski definition) is 1. The van der Waals surface area contributed by atoms with Gasteiger partial charge in [-0.25, -0.2) is 4.98 Å². The van der Waals surface area contributed by atoms with Gasteiger partial charge in [-0.05, 0) is 50.5 Å². The second kappa shape index (κ2) is 4.61.